The average Bonchev–Trinajstić information content (AvgIpc) is 2.92. The third kappa shape index (κ3) is 2.39. The second-order valence-electron chi connectivity index (χ2n) is 5.28. The van der Waals surface area contributed by atoms with Crippen molar-refractivity contribution < 1.29 is 14.7 Å². The van der Waals surface area contributed by atoms with Crippen LogP contribution in [0.15, 0.2) is 41.6 Å². The maximum atomic E-state index is 12.6. The van der Waals surface area contributed by atoms with Crippen LogP contribution >= 0.6 is 11.8 Å². The first-order valence-corrected chi connectivity index (χ1v) is 7.93. The summed E-state index contributed by atoms with van der Waals surface area (Å²) in [7, 11) is 0. The molecule has 2 aromatic rings. The van der Waals surface area contributed by atoms with Crippen LogP contribution < -0.4 is 4.90 Å². The molecule has 0 fully saturated rings. The maximum Gasteiger partial charge on any atom is 0.326 e. The predicted molar refractivity (Wildman–Crippen MR) is 85.8 cm³/mol. The minimum Gasteiger partial charge on any atom is -0.480 e. The smallest absolute Gasteiger partial charge is 0.326 e. The lowest BCUT2D eigenvalue weighted by molar-refractivity contribution is -0.139. The van der Waals surface area contributed by atoms with E-state index >= 15 is 0 Å². The standard InChI is InChI=1S/C16H16N2O3S/c1-10-5-6-12-13(8-10)18(11(2)16(20)21)14(19)9-22-15-4-3-7-17(12)15/h3-8,11H,9H2,1-2H3,(H,20,21). The molecule has 114 valence electrons. The van der Waals surface area contributed by atoms with Crippen LogP contribution in [-0.2, 0) is 9.59 Å². The number of anilines is 1. The summed E-state index contributed by atoms with van der Waals surface area (Å²) in [6.07, 6.45) is 1.93. The molecule has 0 radical (unpaired) electrons. The molecule has 1 atom stereocenters. The van der Waals surface area contributed by atoms with E-state index in [0.29, 0.717) is 5.69 Å². The van der Waals surface area contributed by atoms with E-state index in [1.807, 2.05) is 48.0 Å². The van der Waals surface area contributed by atoms with Crippen molar-refractivity contribution in [3.63, 3.8) is 0 Å². The van der Waals surface area contributed by atoms with Gasteiger partial charge in [-0.05, 0) is 43.7 Å². The Bertz CT molecular complexity index is 754. The molecule has 2 heterocycles. The first-order valence-electron chi connectivity index (χ1n) is 6.95. The lowest BCUT2D eigenvalue weighted by Gasteiger charge is -2.31. The minimum absolute atomic E-state index is 0.195. The number of nitrogens with zero attached hydrogens (tertiary/aromatic N) is 2. The van der Waals surface area contributed by atoms with Crippen molar-refractivity contribution in [1.82, 2.24) is 4.57 Å². The predicted octanol–water partition coefficient (Wildman–Crippen LogP) is 2.70. The number of hydrogen-bond acceptors (Lipinski definition) is 3. The summed E-state index contributed by atoms with van der Waals surface area (Å²) in [5.41, 5.74) is 2.44. The van der Waals surface area contributed by atoms with Gasteiger partial charge in [0.1, 0.15) is 6.04 Å². The fourth-order valence-electron chi connectivity index (χ4n) is 2.59. The van der Waals surface area contributed by atoms with Crippen LogP contribution in [0.1, 0.15) is 12.5 Å². The molecule has 6 heteroatoms. The van der Waals surface area contributed by atoms with E-state index in [-0.39, 0.29) is 11.7 Å². The van der Waals surface area contributed by atoms with Crippen molar-refractivity contribution in [3.8, 4) is 5.69 Å². The van der Waals surface area contributed by atoms with Gasteiger partial charge in [-0.3, -0.25) is 9.69 Å². The number of carbonyl (C=O) groups excluding carboxylic acids is 1. The highest BCUT2D eigenvalue weighted by Crippen LogP contribution is 2.34. The molecule has 1 unspecified atom stereocenters. The quantitative estimate of drug-likeness (QED) is 0.925. The lowest BCUT2D eigenvalue weighted by atomic mass is 10.1. The number of aryl methyl sites for hydroxylation is 1. The van der Waals surface area contributed by atoms with Crippen molar-refractivity contribution in [2.75, 3.05) is 10.7 Å². The van der Waals surface area contributed by atoms with E-state index in [4.69, 9.17) is 0 Å². The Kier molecular flexibility index (Phi) is 3.70. The van der Waals surface area contributed by atoms with Crippen LogP contribution in [0.3, 0.4) is 0 Å². The molecule has 1 aromatic carbocycles. The number of carboxylic acids is 1. The molecule has 0 aliphatic carbocycles. The molecule has 0 saturated carbocycles. The number of carbonyl (C=O) groups is 2. The zero-order valence-electron chi connectivity index (χ0n) is 12.3. The van der Waals surface area contributed by atoms with Crippen LogP contribution in [0.2, 0.25) is 0 Å². The van der Waals surface area contributed by atoms with Gasteiger partial charge in [-0.15, -0.1) is 0 Å². The Hall–Kier alpha value is -2.21. The first kappa shape index (κ1) is 14.7. The third-order valence-electron chi connectivity index (χ3n) is 3.72. The number of hydrogen-bond donors (Lipinski definition) is 1. The van der Waals surface area contributed by atoms with Crippen LogP contribution in [0.4, 0.5) is 5.69 Å². The normalized spacial score (nSPS) is 15.5. The Morgan fingerprint density at radius 1 is 1.32 bits per heavy atom. The third-order valence-corrected chi connectivity index (χ3v) is 4.74. The van der Waals surface area contributed by atoms with Crippen LogP contribution in [0.5, 0.6) is 0 Å². The molecular formula is C16H16N2O3S. The van der Waals surface area contributed by atoms with Crippen LogP contribution in [0, 0.1) is 6.92 Å². The SMILES string of the molecule is Cc1ccc2c(c1)N(C(C)C(=O)O)C(=O)CSc1cccn1-2. The summed E-state index contributed by atoms with van der Waals surface area (Å²) in [4.78, 5) is 25.4. The monoisotopic (exact) mass is 316 g/mol. The van der Waals surface area contributed by atoms with Gasteiger partial charge in [0.2, 0.25) is 5.91 Å². The van der Waals surface area contributed by atoms with E-state index in [0.717, 1.165) is 16.3 Å². The van der Waals surface area contributed by atoms with E-state index in [2.05, 4.69) is 0 Å². The van der Waals surface area contributed by atoms with Crippen molar-refractivity contribution in [3.05, 3.63) is 42.1 Å². The number of rotatable bonds is 2. The average molecular weight is 316 g/mol. The van der Waals surface area contributed by atoms with Crippen molar-refractivity contribution in [2.24, 2.45) is 0 Å². The molecule has 0 saturated heterocycles. The summed E-state index contributed by atoms with van der Waals surface area (Å²) in [5.74, 6) is -0.993. The van der Waals surface area contributed by atoms with Gasteiger partial charge in [0, 0.05) is 6.20 Å². The summed E-state index contributed by atoms with van der Waals surface area (Å²) in [5, 5.41) is 10.3. The molecule has 1 aromatic heterocycles. The number of thioether (sulfide) groups is 1. The first-order chi connectivity index (χ1) is 10.5. The molecule has 1 N–H and O–H groups in total. The number of amides is 1. The largest absolute Gasteiger partial charge is 0.480 e. The minimum atomic E-state index is -1.01. The summed E-state index contributed by atoms with van der Waals surface area (Å²) < 4.78 is 1.99. The number of aliphatic carboxylic acids is 1. The molecule has 22 heavy (non-hydrogen) atoms. The molecule has 1 amide bonds. The van der Waals surface area contributed by atoms with Gasteiger partial charge >= 0.3 is 5.97 Å². The van der Waals surface area contributed by atoms with E-state index in [1.54, 1.807) is 0 Å². The topological polar surface area (TPSA) is 62.5 Å². The number of fused-ring (bicyclic) bond motifs is 3. The molecular weight excluding hydrogens is 300 g/mol. The van der Waals surface area contributed by atoms with Crippen LogP contribution in [0.25, 0.3) is 5.69 Å². The highest BCUT2D eigenvalue weighted by Gasteiger charge is 2.31. The van der Waals surface area contributed by atoms with E-state index in [9.17, 15) is 14.7 Å². The van der Waals surface area contributed by atoms with E-state index < -0.39 is 12.0 Å². The fourth-order valence-corrected chi connectivity index (χ4v) is 3.47. The number of benzene rings is 1. The van der Waals surface area contributed by atoms with Gasteiger partial charge in [-0.2, -0.15) is 0 Å². The van der Waals surface area contributed by atoms with Gasteiger partial charge in [0.05, 0.1) is 22.2 Å². The van der Waals surface area contributed by atoms with E-state index in [1.165, 1.54) is 23.6 Å². The summed E-state index contributed by atoms with van der Waals surface area (Å²) >= 11 is 1.42. The highest BCUT2D eigenvalue weighted by molar-refractivity contribution is 7.99. The molecule has 5 nitrogen and oxygen atoms in total. The van der Waals surface area contributed by atoms with Crippen LogP contribution in [-0.4, -0.2) is 33.3 Å². The molecule has 1 aliphatic rings. The van der Waals surface area contributed by atoms with Crippen molar-refractivity contribution in [1.29, 1.82) is 0 Å². The van der Waals surface area contributed by atoms with Gasteiger partial charge in [-0.25, -0.2) is 4.79 Å². The van der Waals surface area contributed by atoms with Gasteiger partial charge in [-0.1, -0.05) is 17.8 Å². The fraction of sp³-hybridized carbons (Fsp3) is 0.250. The Balaban J connectivity index is 2.25. The Morgan fingerprint density at radius 3 is 2.82 bits per heavy atom. The van der Waals surface area contributed by atoms with Crippen molar-refractivity contribution in [2.45, 2.75) is 24.9 Å². The number of aromatic nitrogens is 1. The Morgan fingerprint density at radius 2 is 2.09 bits per heavy atom. The second kappa shape index (κ2) is 5.53. The zero-order valence-corrected chi connectivity index (χ0v) is 13.1. The van der Waals surface area contributed by atoms with Gasteiger partial charge in [0.25, 0.3) is 0 Å². The van der Waals surface area contributed by atoms with Gasteiger partial charge < -0.3 is 9.67 Å². The molecule has 0 spiro atoms. The molecule has 3 rings (SSSR count). The lowest BCUT2D eigenvalue weighted by Crippen LogP contribution is -2.45. The second-order valence-corrected chi connectivity index (χ2v) is 6.27. The Labute approximate surface area is 132 Å². The summed E-state index contributed by atoms with van der Waals surface area (Å²) in [6, 6.07) is 8.72. The highest BCUT2D eigenvalue weighted by atomic mass is 32.2. The summed E-state index contributed by atoms with van der Waals surface area (Å²) in [6.45, 7) is 3.47. The molecule has 1 aliphatic heterocycles. The van der Waals surface area contributed by atoms with Gasteiger partial charge in [0.15, 0.2) is 0 Å². The number of carboxylic acid groups (broad SMARTS) is 1. The van der Waals surface area contributed by atoms with Crippen molar-refractivity contribution >= 4 is 29.3 Å². The maximum absolute atomic E-state index is 12.6. The molecule has 0 bridgehead atoms. The zero-order chi connectivity index (χ0) is 15.9.